The zero-order valence-corrected chi connectivity index (χ0v) is 48.9. The Bertz CT molecular complexity index is 1230. The van der Waals surface area contributed by atoms with Crippen LogP contribution in [0.1, 0.15) is 341 Å². The van der Waals surface area contributed by atoms with Crippen LogP contribution >= 0.6 is 0 Å². The third kappa shape index (κ3) is 58.9. The molecule has 3 N–H and O–H groups in total. The Kier molecular flexibility index (Phi) is 60.5. The molecule has 1 amide bonds. The quantitative estimate of drug-likeness (QED) is 0.0320. The predicted molar refractivity (Wildman–Crippen MR) is 319 cm³/mol. The van der Waals surface area contributed by atoms with Crippen molar-refractivity contribution in [2.45, 2.75) is 353 Å². The minimum atomic E-state index is -0.852. The van der Waals surface area contributed by atoms with Gasteiger partial charge in [-0.1, -0.05) is 287 Å². The maximum atomic E-state index is 12.5. The molecule has 0 saturated carbocycles. The fourth-order valence-corrected chi connectivity index (χ4v) is 9.84. The zero-order valence-electron chi connectivity index (χ0n) is 48.9. The van der Waals surface area contributed by atoms with E-state index in [0.717, 1.165) is 64.2 Å². The summed E-state index contributed by atoms with van der Waals surface area (Å²) in [7, 11) is 0. The van der Waals surface area contributed by atoms with E-state index in [1.54, 1.807) is 6.08 Å². The van der Waals surface area contributed by atoms with Crippen LogP contribution in [0.4, 0.5) is 0 Å². The van der Waals surface area contributed by atoms with Gasteiger partial charge in [-0.3, -0.25) is 9.59 Å². The second kappa shape index (κ2) is 62.4. The second-order valence-electron chi connectivity index (χ2n) is 22.1. The number of unbranched alkanes of at least 4 members (excludes halogenated alkanes) is 43. The SMILES string of the molecule is CCCCCCCC/C=C\CCCCCCCCCC(=O)OCCCCCCCCCCC/C=C\C/C=C\CCCCCCCCCC(=O)NC(CO)C(O)/C=C/CCCCCCCCCCCCCCCC. The molecule has 2 atom stereocenters. The lowest BCUT2D eigenvalue weighted by Crippen LogP contribution is -2.45. The first-order chi connectivity index (χ1) is 36.0. The van der Waals surface area contributed by atoms with E-state index in [-0.39, 0.29) is 18.5 Å². The molecule has 0 aliphatic rings. The van der Waals surface area contributed by atoms with Crippen molar-refractivity contribution in [1.82, 2.24) is 5.32 Å². The van der Waals surface area contributed by atoms with Crippen LogP contribution in [0.25, 0.3) is 0 Å². The number of carbonyl (C=O) groups excluding carboxylic acids is 2. The van der Waals surface area contributed by atoms with Gasteiger partial charge in [-0.2, -0.15) is 0 Å². The molecule has 428 valence electrons. The Labute approximate surface area is 455 Å². The molecule has 0 aromatic rings. The topological polar surface area (TPSA) is 95.9 Å². The predicted octanol–water partition coefficient (Wildman–Crippen LogP) is 20.5. The monoisotopic (exact) mass is 1020 g/mol. The van der Waals surface area contributed by atoms with Gasteiger partial charge in [-0.15, -0.1) is 0 Å². The average molecular weight is 1020 g/mol. The van der Waals surface area contributed by atoms with Gasteiger partial charge in [0.2, 0.25) is 5.91 Å². The van der Waals surface area contributed by atoms with Crippen molar-refractivity contribution in [3.8, 4) is 0 Å². The lowest BCUT2D eigenvalue weighted by molar-refractivity contribution is -0.143. The van der Waals surface area contributed by atoms with E-state index in [1.165, 1.54) is 250 Å². The Balaban J connectivity index is 3.47. The molecule has 0 spiro atoms. The largest absolute Gasteiger partial charge is 0.466 e. The lowest BCUT2D eigenvalue weighted by Gasteiger charge is -2.20. The summed E-state index contributed by atoms with van der Waals surface area (Å²) in [6, 6.07) is -0.636. The minimum Gasteiger partial charge on any atom is -0.466 e. The number of nitrogens with one attached hydrogen (secondary N) is 1. The van der Waals surface area contributed by atoms with Crippen LogP contribution < -0.4 is 5.32 Å². The maximum absolute atomic E-state index is 12.5. The molecule has 0 bridgehead atoms. The molecule has 0 aromatic heterocycles. The molecule has 0 aromatic carbocycles. The summed E-state index contributed by atoms with van der Waals surface area (Å²) >= 11 is 0. The van der Waals surface area contributed by atoms with Gasteiger partial charge >= 0.3 is 5.97 Å². The molecule has 73 heavy (non-hydrogen) atoms. The van der Waals surface area contributed by atoms with Crippen molar-refractivity contribution in [2.75, 3.05) is 13.2 Å². The molecule has 0 radical (unpaired) electrons. The highest BCUT2D eigenvalue weighted by Gasteiger charge is 2.18. The van der Waals surface area contributed by atoms with Crippen molar-refractivity contribution < 1.29 is 24.5 Å². The summed E-state index contributed by atoms with van der Waals surface area (Å²) in [6.07, 6.45) is 80.1. The minimum absolute atomic E-state index is 0.00308. The van der Waals surface area contributed by atoms with Crippen LogP contribution in [-0.2, 0) is 14.3 Å². The fourth-order valence-electron chi connectivity index (χ4n) is 9.84. The third-order valence-corrected chi connectivity index (χ3v) is 14.8. The molecular weight excluding hydrogens is 899 g/mol. The van der Waals surface area contributed by atoms with Gasteiger partial charge in [0.05, 0.1) is 25.4 Å². The highest BCUT2D eigenvalue weighted by molar-refractivity contribution is 5.76. The van der Waals surface area contributed by atoms with Crippen molar-refractivity contribution in [3.63, 3.8) is 0 Å². The van der Waals surface area contributed by atoms with Gasteiger partial charge in [0, 0.05) is 12.8 Å². The number of rotatable bonds is 60. The van der Waals surface area contributed by atoms with E-state index in [1.807, 2.05) is 6.08 Å². The molecule has 0 aliphatic heterocycles. The van der Waals surface area contributed by atoms with Crippen LogP contribution in [0, 0.1) is 0 Å². The number of ether oxygens (including phenoxy) is 1. The Morgan fingerprint density at radius 3 is 1.05 bits per heavy atom. The molecule has 0 heterocycles. The molecule has 0 rings (SSSR count). The van der Waals surface area contributed by atoms with Crippen molar-refractivity contribution in [2.24, 2.45) is 0 Å². The van der Waals surface area contributed by atoms with Gasteiger partial charge in [0.1, 0.15) is 0 Å². The molecule has 0 aliphatic carbocycles. The Morgan fingerprint density at radius 1 is 0.384 bits per heavy atom. The molecule has 0 fully saturated rings. The highest BCUT2D eigenvalue weighted by atomic mass is 16.5. The first kappa shape index (κ1) is 70.8. The van der Waals surface area contributed by atoms with Crippen molar-refractivity contribution in [1.29, 1.82) is 0 Å². The van der Waals surface area contributed by atoms with Gasteiger partial charge < -0.3 is 20.3 Å². The van der Waals surface area contributed by atoms with Gasteiger partial charge in [0.25, 0.3) is 0 Å². The molecular formula is C67H125NO5. The Morgan fingerprint density at radius 2 is 0.685 bits per heavy atom. The number of aliphatic hydroxyl groups excluding tert-OH is 2. The highest BCUT2D eigenvalue weighted by Crippen LogP contribution is 2.17. The van der Waals surface area contributed by atoms with E-state index in [0.29, 0.717) is 19.4 Å². The molecule has 0 saturated heterocycles. The Hall–Kier alpha value is -2.18. The van der Waals surface area contributed by atoms with E-state index >= 15 is 0 Å². The number of carbonyl (C=O) groups is 2. The van der Waals surface area contributed by atoms with Crippen LogP contribution in [-0.4, -0.2) is 47.4 Å². The van der Waals surface area contributed by atoms with E-state index in [9.17, 15) is 19.8 Å². The fraction of sp³-hybridized carbons (Fsp3) is 0.851. The van der Waals surface area contributed by atoms with Gasteiger partial charge in [-0.25, -0.2) is 0 Å². The normalized spacial score (nSPS) is 12.9. The van der Waals surface area contributed by atoms with Gasteiger partial charge in [-0.05, 0) is 89.9 Å². The molecule has 6 heteroatoms. The van der Waals surface area contributed by atoms with Crippen LogP contribution in [0.15, 0.2) is 48.6 Å². The second-order valence-corrected chi connectivity index (χ2v) is 22.1. The summed E-state index contributed by atoms with van der Waals surface area (Å²) in [4.78, 5) is 24.6. The summed E-state index contributed by atoms with van der Waals surface area (Å²) in [6.45, 7) is 4.90. The third-order valence-electron chi connectivity index (χ3n) is 14.8. The van der Waals surface area contributed by atoms with Crippen molar-refractivity contribution in [3.05, 3.63) is 48.6 Å². The van der Waals surface area contributed by atoms with Crippen molar-refractivity contribution >= 4 is 11.9 Å². The van der Waals surface area contributed by atoms with Crippen LogP contribution in [0.5, 0.6) is 0 Å². The molecule has 6 nitrogen and oxygen atoms in total. The first-order valence-electron chi connectivity index (χ1n) is 32.4. The smallest absolute Gasteiger partial charge is 0.305 e. The van der Waals surface area contributed by atoms with E-state index in [2.05, 4.69) is 55.6 Å². The first-order valence-corrected chi connectivity index (χ1v) is 32.4. The number of aliphatic hydroxyl groups is 2. The summed E-state index contributed by atoms with van der Waals surface area (Å²) in [5.74, 6) is -0.0743. The summed E-state index contributed by atoms with van der Waals surface area (Å²) < 4.78 is 5.49. The standard InChI is InChI=1S/C67H125NO5/c1-3-5-7-9-11-13-15-17-19-28-33-37-41-45-49-53-57-61-67(72)73-62-58-54-50-46-42-38-34-30-27-25-23-21-22-24-26-29-32-36-40-44-48-52-56-60-66(71)68-64(63-69)65(70)59-55-51-47-43-39-35-31-20-18-16-14-12-10-8-6-4-2/h17,19,21,23-24,26,55,59,64-65,69-70H,3-16,18,20,22,25,27-54,56-58,60-63H2,1-2H3,(H,68,71)/b19-17-,23-21-,26-24-,59-55+. The number of amides is 1. The number of esters is 1. The number of allylic oxidation sites excluding steroid dienone is 7. The number of hydrogen-bond acceptors (Lipinski definition) is 5. The number of hydrogen-bond donors (Lipinski definition) is 3. The average Bonchev–Trinajstić information content (AvgIpc) is 3.39. The van der Waals surface area contributed by atoms with E-state index < -0.39 is 12.1 Å². The summed E-state index contributed by atoms with van der Waals surface area (Å²) in [5.41, 5.74) is 0. The van der Waals surface area contributed by atoms with Gasteiger partial charge in [0.15, 0.2) is 0 Å². The summed E-state index contributed by atoms with van der Waals surface area (Å²) in [5, 5.41) is 23.1. The lowest BCUT2D eigenvalue weighted by atomic mass is 10.0. The van der Waals surface area contributed by atoms with Crippen LogP contribution in [0.3, 0.4) is 0 Å². The van der Waals surface area contributed by atoms with E-state index in [4.69, 9.17) is 4.74 Å². The van der Waals surface area contributed by atoms with Crippen LogP contribution in [0.2, 0.25) is 0 Å². The maximum Gasteiger partial charge on any atom is 0.305 e. The molecule has 2 unspecified atom stereocenters. The zero-order chi connectivity index (χ0) is 52.9.